The van der Waals surface area contributed by atoms with Crippen molar-refractivity contribution < 1.29 is 14.3 Å². The maximum Gasteiger partial charge on any atom is 0.338 e. The van der Waals surface area contributed by atoms with Crippen molar-refractivity contribution in [3.63, 3.8) is 0 Å². The zero-order valence-corrected chi connectivity index (χ0v) is 12.3. The predicted octanol–water partition coefficient (Wildman–Crippen LogP) is 1.89. The Morgan fingerprint density at radius 1 is 1.00 bits per heavy atom. The molecule has 22 heavy (non-hydrogen) atoms. The lowest BCUT2D eigenvalue weighted by Crippen LogP contribution is -2.42. The number of rotatable bonds is 8. The van der Waals surface area contributed by atoms with Gasteiger partial charge >= 0.3 is 5.97 Å². The van der Waals surface area contributed by atoms with Crippen molar-refractivity contribution in [2.45, 2.75) is 12.6 Å². The number of carbonyl (C=O) groups excluding carboxylic acids is 1. The predicted molar refractivity (Wildman–Crippen MR) is 83.9 cm³/mol. The molecule has 1 unspecified atom stereocenters. The maximum absolute atomic E-state index is 11.8. The van der Waals surface area contributed by atoms with E-state index in [1.165, 1.54) is 0 Å². The van der Waals surface area contributed by atoms with Gasteiger partial charge in [0.15, 0.2) is 0 Å². The third-order valence-corrected chi connectivity index (χ3v) is 3.09. The zero-order chi connectivity index (χ0) is 15.6. The normalized spacial score (nSPS) is 11.9. The summed E-state index contributed by atoms with van der Waals surface area (Å²) in [6.45, 7) is 0.998. The third kappa shape index (κ3) is 5.29. The minimum Gasteiger partial charge on any atom is -0.460 e. The molecule has 0 aliphatic carbocycles. The Morgan fingerprint density at radius 3 is 2.27 bits per heavy atom. The second kappa shape index (κ2) is 8.94. The van der Waals surface area contributed by atoms with Gasteiger partial charge in [-0.2, -0.15) is 0 Å². The van der Waals surface area contributed by atoms with Crippen molar-refractivity contribution in [3.8, 4) is 0 Å². The Balaban J connectivity index is 1.72. The molecule has 0 fully saturated rings. The molecule has 5 nitrogen and oxygen atoms in total. The molecule has 2 aromatic rings. The summed E-state index contributed by atoms with van der Waals surface area (Å²) in [6.07, 6.45) is 0. The third-order valence-electron chi connectivity index (χ3n) is 3.09. The van der Waals surface area contributed by atoms with Crippen LogP contribution >= 0.6 is 0 Å². The van der Waals surface area contributed by atoms with Gasteiger partial charge in [0.25, 0.3) is 0 Å². The Hall–Kier alpha value is -2.21. The molecule has 1 atom stereocenters. The summed E-state index contributed by atoms with van der Waals surface area (Å²) >= 11 is 0. The Morgan fingerprint density at radius 2 is 1.64 bits per heavy atom. The molecular weight excluding hydrogens is 280 g/mol. The first kappa shape index (κ1) is 16.2. The molecule has 2 rings (SSSR count). The van der Waals surface area contributed by atoms with E-state index < -0.39 is 0 Å². The van der Waals surface area contributed by atoms with Crippen molar-refractivity contribution in [1.29, 1.82) is 0 Å². The first-order valence-corrected chi connectivity index (χ1v) is 7.09. The number of benzene rings is 2. The fourth-order valence-electron chi connectivity index (χ4n) is 1.87. The first-order chi connectivity index (χ1) is 10.8. The Kier molecular flexibility index (Phi) is 6.57. The van der Waals surface area contributed by atoms with E-state index in [0.29, 0.717) is 18.8 Å². The van der Waals surface area contributed by atoms with Gasteiger partial charge in [-0.05, 0) is 17.7 Å². The highest BCUT2D eigenvalue weighted by atomic mass is 16.5. The van der Waals surface area contributed by atoms with Crippen LogP contribution in [0.2, 0.25) is 0 Å². The summed E-state index contributed by atoms with van der Waals surface area (Å²) in [7, 11) is 0. The largest absolute Gasteiger partial charge is 0.460 e. The van der Waals surface area contributed by atoms with Crippen LogP contribution < -0.4 is 11.3 Å². The van der Waals surface area contributed by atoms with Gasteiger partial charge in [0.1, 0.15) is 6.61 Å². The van der Waals surface area contributed by atoms with Gasteiger partial charge in [0.05, 0.1) is 24.8 Å². The van der Waals surface area contributed by atoms with Gasteiger partial charge in [0, 0.05) is 0 Å². The molecule has 3 N–H and O–H groups in total. The number of hydrogen-bond acceptors (Lipinski definition) is 5. The van der Waals surface area contributed by atoms with Crippen molar-refractivity contribution in [1.82, 2.24) is 5.43 Å². The highest BCUT2D eigenvalue weighted by molar-refractivity contribution is 5.89. The lowest BCUT2D eigenvalue weighted by Gasteiger charge is -2.16. The van der Waals surface area contributed by atoms with Gasteiger partial charge in [-0.3, -0.25) is 11.3 Å². The maximum atomic E-state index is 11.8. The van der Waals surface area contributed by atoms with E-state index in [4.69, 9.17) is 15.3 Å². The topological polar surface area (TPSA) is 73.6 Å². The summed E-state index contributed by atoms with van der Waals surface area (Å²) in [4.78, 5) is 11.8. The van der Waals surface area contributed by atoms with Crippen LogP contribution in [0.15, 0.2) is 60.7 Å². The highest BCUT2D eigenvalue weighted by Crippen LogP contribution is 2.03. The standard InChI is InChI=1S/C17H20N2O3/c18-19-16(12-21-11-14-7-3-1-4-8-14)13-22-17(20)15-9-5-2-6-10-15/h1-10,16,19H,11-13,18H2. The van der Waals surface area contributed by atoms with Crippen LogP contribution in [0.5, 0.6) is 0 Å². The molecule has 0 amide bonds. The second-order valence-electron chi connectivity index (χ2n) is 4.83. The Labute approximate surface area is 130 Å². The van der Waals surface area contributed by atoms with Crippen molar-refractivity contribution in [3.05, 3.63) is 71.8 Å². The van der Waals surface area contributed by atoms with E-state index in [1.54, 1.807) is 24.3 Å². The van der Waals surface area contributed by atoms with Crippen LogP contribution in [0, 0.1) is 0 Å². The van der Waals surface area contributed by atoms with Crippen molar-refractivity contribution in [2.24, 2.45) is 5.84 Å². The van der Waals surface area contributed by atoms with Crippen LogP contribution in [-0.2, 0) is 16.1 Å². The zero-order valence-electron chi connectivity index (χ0n) is 12.3. The molecule has 0 heterocycles. The number of nitrogens with one attached hydrogen (secondary N) is 1. The fourth-order valence-corrected chi connectivity index (χ4v) is 1.87. The Bertz CT molecular complexity index is 561. The van der Waals surface area contributed by atoms with Crippen LogP contribution in [0.1, 0.15) is 15.9 Å². The lowest BCUT2D eigenvalue weighted by molar-refractivity contribution is 0.0339. The first-order valence-electron chi connectivity index (χ1n) is 7.09. The van der Waals surface area contributed by atoms with E-state index >= 15 is 0 Å². The number of esters is 1. The summed E-state index contributed by atoms with van der Waals surface area (Å²) in [6, 6.07) is 18.4. The van der Waals surface area contributed by atoms with Gasteiger partial charge in [0.2, 0.25) is 0 Å². The molecule has 0 aliphatic heterocycles. The van der Waals surface area contributed by atoms with Crippen LogP contribution in [0.25, 0.3) is 0 Å². The van der Waals surface area contributed by atoms with E-state index in [2.05, 4.69) is 5.43 Å². The van der Waals surface area contributed by atoms with Crippen LogP contribution in [0.3, 0.4) is 0 Å². The molecule has 0 bridgehead atoms. The summed E-state index contributed by atoms with van der Waals surface area (Å²) in [5, 5.41) is 0. The van der Waals surface area contributed by atoms with Gasteiger partial charge in [-0.1, -0.05) is 48.5 Å². The SMILES string of the molecule is NNC(COCc1ccccc1)COC(=O)c1ccccc1. The molecule has 0 aliphatic rings. The van der Waals surface area contributed by atoms with Crippen LogP contribution in [-0.4, -0.2) is 25.2 Å². The van der Waals surface area contributed by atoms with Crippen LogP contribution in [0.4, 0.5) is 0 Å². The van der Waals surface area contributed by atoms with Crippen molar-refractivity contribution >= 4 is 5.97 Å². The summed E-state index contributed by atoms with van der Waals surface area (Å²) in [5.74, 6) is 5.08. The smallest absolute Gasteiger partial charge is 0.338 e. The molecule has 0 radical (unpaired) electrons. The fraction of sp³-hybridized carbons (Fsp3) is 0.235. The van der Waals surface area contributed by atoms with Crippen molar-refractivity contribution in [2.75, 3.05) is 13.2 Å². The van der Waals surface area contributed by atoms with E-state index in [-0.39, 0.29) is 18.6 Å². The molecule has 0 saturated carbocycles. The quantitative estimate of drug-likeness (QED) is 0.442. The van der Waals surface area contributed by atoms with Gasteiger partial charge in [-0.25, -0.2) is 4.79 Å². The van der Waals surface area contributed by atoms with E-state index in [0.717, 1.165) is 5.56 Å². The molecule has 0 aromatic heterocycles. The highest BCUT2D eigenvalue weighted by Gasteiger charge is 2.12. The number of hydrazine groups is 1. The molecule has 2 aromatic carbocycles. The average Bonchev–Trinajstić information content (AvgIpc) is 2.59. The minimum atomic E-state index is -0.371. The van der Waals surface area contributed by atoms with E-state index in [9.17, 15) is 4.79 Å². The number of hydrogen-bond donors (Lipinski definition) is 2. The number of ether oxygens (including phenoxy) is 2. The number of carbonyl (C=O) groups is 1. The minimum absolute atomic E-state index is 0.152. The molecular formula is C17H20N2O3. The summed E-state index contributed by atoms with van der Waals surface area (Å²) < 4.78 is 10.8. The van der Waals surface area contributed by atoms with Gasteiger partial charge < -0.3 is 9.47 Å². The molecule has 5 heteroatoms. The molecule has 0 spiro atoms. The average molecular weight is 300 g/mol. The molecule has 116 valence electrons. The second-order valence-corrected chi connectivity index (χ2v) is 4.83. The monoisotopic (exact) mass is 300 g/mol. The van der Waals surface area contributed by atoms with E-state index in [1.807, 2.05) is 36.4 Å². The van der Waals surface area contributed by atoms with Gasteiger partial charge in [-0.15, -0.1) is 0 Å². The lowest BCUT2D eigenvalue weighted by atomic mass is 10.2. The number of nitrogens with two attached hydrogens (primary N) is 1. The summed E-state index contributed by atoms with van der Waals surface area (Å²) in [5.41, 5.74) is 4.19. The molecule has 0 saturated heterocycles.